The summed E-state index contributed by atoms with van der Waals surface area (Å²) in [4.78, 5) is 57.1. The Morgan fingerprint density at radius 3 is 2.05 bits per heavy atom. The molecule has 3 unspecified atom stereocenters. The summed E-state index contributed by atoms with van der Waals surface area (Å²) >= 11 is 0. The van der Waals surface area contributed by atoms with E-state index in [4.69, 9.17) is 15.2 Å². The SMILES string of the molecule is Nc1ncnc2c1ncn2[C@@H]1O[C@H](COP(=O)([O-])OP(=O)([O-])OC[C@H]2OC(OP(=O)([O-])[O-])[C@H](O)[C@@H]2O)[C@@H](O)[C@H]1O. The van der Waals surface area contributed by atoms with Crippen molar-refractivity contribution in [3.63, 3.8) is 0 Å². The van der Waals surface area contributed by atoms with Crippen molar-refractivity contribution in [2.45, 2.75) is 49.1 Å². The minimum atomic E-state index is -5.78. The van der Waals surface area contributed by atoms with Gasteiger partial charge in [0.1, 0.15) is 48.5 Å². The third kappa shape index (κ3) is 7.09. The molecule has 0 spiro atoms. The second-order valence-corrected chi connectivity index (χ2v) is 12.3. The van der Waals surface area contributed by atoms with Crippen LogP contribution in [0, 0.1) is 0 Å². The van der Waals surface area contributed by atoms with Crippen LogP contribution in [0.3, 0.4) is 0 Å². The lowest BCUT2D eigenvalue weighted by Crippen LogP contribution is -2.36. The van der Waals surface area contributed by atoms with Crippen LogP contribution in [-0.4, -0.2) is 96.1 Å². The minimum Gasteiger partial charge on any atom is -0.790 e. The van der Waals surface area contributed by atoms with Crippen molar-refractivity contribution in [1.82, 2.24) is 19.5 Å². The second kappa shape index (κ2) is 11.6. The van der Waals surface area contributed by atoms with Gasteiger partial charge in [0.2, 0.25) is 0 Å². The van der Waals surface area contributed by atoms with Crippen molar-refractivity contribution < 1.29 is 81.1 Å². The summed E-state index contributed by atoms with van der Waals surface area (Å²) < 4.78 is 62.5. The van der Waals surface area contributed by atoms with E-state index in [9.17, 15) is 53.7 Å². The van der Waals surface area contributed by atoms with E-state index in [0.29, 0.717) is 0 Å². The average Bonchev–Trinajstić information content (AvgIpc) is 3.47. The summed E-state index contributed by atoms with van der Waals surface area (Å²) in [5.41, 5.74) is 5.96. The third-order valence-electron chi connectivity index (χ3n) is 5.54. The van der Waals surface area contributed by atoms with Gasteiger partial charge >= 0.3 is 0 Å². The van der Waals surface area contributed by atoms with Crippen LogP contribution in [0.5, 0.6) is 0 Å². The molecular formula is C15H20N5O17P3-4. The lowest BCUT2D eigenvalue weighted by Gasteiger charge is -2.32. The molecule has 226 valence electrons. The lowest BCUT2D eigenvalue weighted by atomic mass is 10.1. The fourth-order valence-electron chi connectivity index (χ4n) is 3.72. The number of nitrogen functional groups attached to an aromatic ring is 1. The van der Waals surface area contributed by atoms with Crippen molar-refractivity contribution in [3.05, 3.63) is 12.7 Å². The molecule has 0 radical (unpaired) electrons. The first-order valence-electron chi connectivity index (χ1n) is 10.8. The molecule has 22 nitrogen and oxygen atoms in total. The van der Waals surface area contributed by atoms with Gasteiger partial charge in [-0.2, -0.15) is 0 Å². The second-order valence-electron chi connectivity index (χ2n) is 8.27. The average molecular weight is 635 g/mol. The van der Waals surface area contributed by atoms with E-state index in [-0.39, 0.29) is 17.0 Å². The highest BCUT2D eigenvalue weighted by molar-refractivity contribution is 7.59. The largest absolute Gasteiger partial charge is 0.790 e. The Kier molecular flexibility index (Phi) is 9.14. The number of nitrogens with two attached hydrogens (primary N) is 1. The molecule has 2 aliphatic rings. The normalized spacial score (nSPS) is 34.2. The number of phosphoric ester groups is 3. The molecule has 6 N–H and O–H groups in total. The highest BCUT2D eigenvalue weighted by atomic mass is 31.3. The summed E-state index contributed by atoms with van der Waals surface area (Å²) in [7, 11) is -17.2. The molecule has 4 heterocycles. The molecule has 25 heteroatoms. The molecule has 2 aromatic rings. The number of hydrogen-bond acceptors (Lipinski definition) is 21. The van der Waals surface area contributed by atoms with E-state index in [1.165, 1.54) is 10.9 Å². The van der Waals surface area contributed by atoms with Gasteiger partial charge in [-0.1, -0.05) is 0 Å². The molecule has 2 aliphatic heterocycles. The van der Waals surface area contributed by atoms with Crippen LogP contribution in [0.15, 0.2) is 12.7 Å². The molecule has 0 bridgehead atoms. The number of anilines is 1. The van der Waals surface area contributed by atoms with Crippen molar-refractivity contribution >= 4 is 40.4 Å². The van der Waals surface area contributed by atoms with E-state index in [2.05, 4.69) is 32.8 Å². The number of aliphatic hydroxyl groups is 4. The minimum absolute atomic E-state index is 0.0134. The highest BCUT2D eigenvalue weighted by Gasteiger charge is 2.46. The van der Waals surface area contributed by atoms with Crippen LogP contribution in [0.4, 0.5) is 5.82 Å². The summed E-state index contributed by atoms with van der Waals surface area (Å²) in [5.74, 6) is 0.0134. The maximum atomic E-state index is 12.1. The van der Waals surface area contributed by atoms with Gasteiger partial charge < -0.3 is 73.3 Å². The Morgan fingerprint density at radius 1 is 0.875 bits per heavy atom. The lowest BCUT2D eigenvalue weighted by molar-refractivity contribution is -0.354. The van der Waals surface area contributed by atoms with Gasteiger partial charge in [-0.15, -0.1) is 0 Å². The predicted octanol–water partition coefficient (Wildman–Crippen LogP) is -5.69. The number of phosphoric acid groups is 3. The van der Waals surface area contributed by atoms with Crippen LogP contribution in [0.25, 0.3) is 11.2 Å². The Labute approximate surface area is 222 Å². The monoisotopic (exact) mass is 635 g/mol. The summed E-state index contributed by atoms with van der Waals surface area (Å²) in [6.07, 6.45) is -12.1. The van der Waals surface area contributed by atoms with Gasteiger partial charge in [-0.05, 0) is 0 Å². The van der Waals surface area contributed by atoms with Gasteiger partial charge in [0.15, 0.2) is 24.0 Å². The third-order valence-corrected chi connectivity index (χ3v) is 8.54. The van der Waals surface area contributed by atoms with E-state index < -0.39 is 85.8 Å². The molecule has 0 amide bonds. The summed E-state index contributed by atoms with van der Waals surface area (Å²) in [5, 5.41) is 40.1. The molecule has 40 heavy (non-hydrogen) atoms. The molecule has 0 aliphatic carbocycles. The maximum Gasteiger partial charge on any atom is 0.274 e. The predicted molar refractivity (Wildman–Crippen MR) is 113 cm³/mol. The molecule has 0 aromatic carbocycles. The zero-order chi connectivity index (χ0) is 29.6. The van der Waals surface area contributed by atoms with Gasteiger partial charge in [-0.3, -0.25) is 13.7 Å². The molecular weight excluding hydrogens is 615 g/mol. The van der Waals surface area contributed by atoms with Crippen LogP contribution >= 0.6 is 23.5 Å². The van der Waals surface area contributed by atoms with E-state index in [1.807, 2.05) is 0 Å². The topological polar surface area (TPSA) is 349 Å². The quantitative estimate of drug-likeness (QED) is 0.144. The number of rotatable bonds is 11. The van der Waals surface area contributed by atoms with Crippen molar-refractivity contribution in [2.24, 2.45) is 0 Å². The number of imidazole rings is 1. The van der Waals surface area contributed by atoms with E-state index >= 15 is 0 Å². The summed E-state index contributed by atoms with van der Waals surface area (Å²) in [6, 6.07) is 0. The van der Waals surface area contributed by atoms with Crippen LogP contribution < -0.4 is 25.3 Å². The van der Waals surface area contributed by atoms with Gasteiger partial charge in [0.25, 0.3) is 15.6 Å². The summed E-state index contributed by atoms with van der Waals surface area (Å²) in [6.45, 7) is -2.26. The molecule has 4 rings (SSSR count). The number of nitrogens with zero attached hydrogens (tertiary/aromatic N) is 4. The standard InChI is InChI=1S/C15H24N5O17P3/c16-12-7-13(18-3-17-12)20(4-19-7)14-10(23)8(21)5(34-14)1-32-39(28,29)37-40(30,31)33-2-6-9(22)11(24)15(35-6)36-38(25,26)27/h3-6,8-11,14-15,21-24H,1-2H2,(H,28,29)(H,30,31)(H2,16,17,18)(H2,25,26,27)/p-4/t5-,6-,8-,9-,10-,11-,14-,15?/m1/s1. The fraction of sp³-hybridized carbons (Fsp3) is 0.667. The number of fused-ring (bicyclic) bond motifs is 1. The zero-order valence-corrected chi connectivity index (χ0v) is 22.2. The van der Waals surface area contributed by atoms with E-state index in [1.54, 1.807) is 0 Å². The Balaban J connectivity index is 1.32. The fourth-order valence-corrected chi connectivity index (χ4v) is 6.16. The molecule has 0 saturated carbocycles. The molecule has 2 fully saturated rings. The number of aliphatic hydroxyl groups excluding tert-OH is 4. The van der Waals surface area contributed by atoms with Crippen LogP contribution in [0.1, 0.15) is 6.23 Å². The van der Waals surface area contributed by atoms with Crippen LogP contribution in [0.2, 0.25) is 0 Å². The molecule has 10 atom stereocenters. The number of hydrogen-bond donors (Lipinski definition) is 5. The van der Waals surface area contributed by atoms with Crippen molar-refractivity contribution in [1.29, 1.82) is 0 Å². The first-order chi connectivity index (χ1) is 18.5. The first-order valence-corrected chi connectivity index (χ1v) is 15.2. The highest BCUT2D eigenvalue weighted by Crippen LogP contribution is 2.56. The van der Waals surface area contributed by atoms with Crippen molar-refractivity contribution in [3.8, 4) is 0 Å². The van der Waals surface area contributed by atoms with Gasteiger partial charge in [0.05, 0.1) is 27.4 Å². The van der Waals surface area contributed by atoms with Crippen LogP contribution in [-0.2, 0) is 41.1 Å². The van der Waals surface area contributed by atoms with Gasteiger partial charge in [0, 0.05) is 0 Å². The van der Waals surface area contributed by atoms with Gasteiger partial charge in [-0.25, -0.2) is 19.3 Å². The first kappa shape index (κ1) is 31.4. The van der Waals surface area contributed by atoms with E-state index in [0.717, 1.165) is 6.33 Å². The zero-order valence-electron chi connectivity index (χ0n) is 19.5. The molecule has 2 saturated heterocycles. The Bertz CT molecular complexity index is 1360. The maximum absolute atomic E-state index is 12.1. The Morgan fingerprint density at radius 2 is 1.45 bits per heavy atom. The number of aromatic nitrogens is 4. The smallest absolute Gasteiger partial charge is 0.274 e. The Hall–Kier alpha value is -1.52. The molecule has 2 aromatic heterocycles. The number of ether oxygens (including phenoxy) is 2. The van der Waals surface area contributed by atoms with Crippen molar-refractivity contribution in [2.75, 3.05) is 18.9 Å².